The average Bonchev–Trinajstić information content (AvgIpc) is 2.39. The molecular weight excluding hydrogens is 296 g/mol. The van der Waals surface area contributed by atoms with Crippen molar-refractivity contribution in [3.63, 3.8) is 0 Å². The van der Waals surface area contributed by atoms with Crippen LogP contribution in [-0.4, -0.2) is 23.5 Å². The first-order valence-electron chi connectivity index (χ1n) is 5.23. The van der Waals surface area contributed by atoms with Crippen molar-refractivity contribution >= 4 is 35.1 Å². The molecule has 0 saturated heterocycles. The van der Waals surface area contributed by atoms with E-state index in [1.54, 1.807) is 12.1 Å². The molecular formula is C12H10Cl2FNO3. The van der Waals surface area contributed by atoms with Crippen LogP contribution in [-0.2, 0) is 16.0 Å². The number of hydrogen-bond acceptors (Lipinski definition) is 2. The molecule has 0 aliphatic carbocycles. The highest BCUT2D eigenvalue weighted by Crippen LogP contribution is 2.14. The van der Waals surface area contributed by atoms with Crippen LogP contribution in [0.5, 0.6) is 0 Å². The van der Waals surface area contributed by atoms with Crippen LogP contribution >= 0.6 is 23.2 Å². The number of carboxylic acids is 1. The van der Waals surface area contributed by atoms with E-state index >= 15 is 0 Å². The quantitative estimate of drug-likeness (QED) is 0.820. The summed E-state index contributed by atoms with van der Waals surface area (Å²) in [6.45, 7) is 0.227. The van der Waals surface area contributed by atoms with Crippen molar-refractivity contribution in [2.75, 3.05) is 6.54 Å². The van der Waals surface area contributed by atoms with Crippen LogP contribution in [0.1, 0.15) is 5.56 Å². The fraction of sp³-hybridized carbons (Fsp3) is 0.167. The fourth-order valence-corrected chi connectivity index (χ4v) is 1.48. The number of hydrogen-bond donors (Lipinski definition) is 2. The van der Waals surface area contributed by atoms with Crippen LogP contribution in [0.2, 0.25) is 0 Å². The molecule has 19 heavy (non-hydrogen) atoms. The summed E-state index contributed by atoms with van der Waals surface area (Å²) in [5.41, 5.74) is 0.825. The molecule has 0 radical (unpaired) electrons. The molecule has 102 valence electrons. The standard InChI is InChI=1S/C12H10Cl2FNO3/c13-9(10(14)12(18)19)11(17)16-6-5-7-1-3-8(15)4-2-7/h1-4H,5-6H2,(H,16,17)(H,18,19)/b10-9-. The Hall–Kier alpha value is -1.59. The van der Waals surface area contributed by atoms with Crippen molar-refractivity contribution in [1.29, 1.82) is 0 Å². The predicted octanol–water partition coefficient (Wildman–Crippen LogP) is 2.26. The van der Waals surface area contributed by atoms with Gasteiger partial charge in [-0.3, -0.25) is 4.79 Å². The number of carbonyl (C=O) groups is 2. The molecule has 0 unspecified atom stereocenters. The Kier molecular flexibility index (Phi) is 5.79. The third kappa shape index (κ3) is 4.89. The van der Waals surface area contributed by atoms with Crippen LogP contribution < -0.4 is 5.32 Å². The molecule has 0 spiro atoms. The van der Waals surface area contributed by atoms with E-state index in [9.17, 15) is 14.0 Å². The maximum atomic E-state index is 12.6. The summed E-state index contributed by atoms with van der Waals surface area (Å²) >= 11 is 10.8. The van der Waals surface area contributed by atoms with Gasteiger partial charge in [-0.2, -0.15) is 0 Å². The van der Waals surface area contributed by atoms with E-state index in [1.165, 1.54) is 12.1 Å². The Balaban J connectivity index is 2.49. The summed E-state index contributed by atoms with van der Waals surface area (Å²) < 4.78 is 12.6. The fourth-order valence-electron chi connectivity index (χ4n) is 1.24. The zero-order valence-electron chi connectivity index (χ0n) is 9.62. The largest absolute Gasteiger partial charge is 0.477 e. The number of aliphatic carboxylic acids is 1. The molecule has 1 amide bonds. The summed E-state index contributed by atoms with van der Waals surface area (Å²) in [7, 11) is 0. The van der Waals surface area contributed by atoms with Crippen molar-refractivity contribution < 1.29 is 19.1 Å². The molecule has 1 rings (SSSR count). The van der Waals surface area contributed by atoms with Crippen LogP contribution in [0.3, 0.4) is 0 Å². The molecule has 2 N–H and O–H groups in total. The number of halogens is 3. The Morgan fingerprint density at radius 2 is 1.74 bits per heavy atom. The summed E-state index contributed by atoms with van der Waals surface area (Å²) in [6.07, 6.45) is 0.459. The lowest BCUT2D eigenvalue weighted by molar-refractivity contribution is -0.132. The lowest BCUT2D eigenvalue weighted by Gasteiger charge is -2.05. The van der Waals surface area contributed by atoms with Crippen LogP contribution in [0.15, 0.2) is 34.3 Å². The normalized spacial score (nSPS) is 11.7. The number of carboxylic acid groups (broad SMARTS) is 1. The maximum absolute atomic E-state index is 12.6. The van der Waals surface area contributed by atoms with Gasteiger partial charge in [0.05, 0.1) is 0 Å². The third-order valence-electron chi connectivity index (χ3n) is 2.19. The van der Waals surface area contributed by atoms with E-state index in [0.29, 0.717) is 6.42 Å². The van der Waals surface area contributed by atoms with Gasteiger partial charge in [-0.25, -0.2) is 9.18 Å². The van der Waals surface area contributed by atoms with Crippen LogP contribution in [0.4, 0.5) is 4.39 Å². The molecule has 0 heterocycles. The van der Waals surface area contributed by atoms with Crippen molar-refractivity contribution in [2.45, 2.75) is 6.42 Å². The third-order valence-corrected chi connectivity index (χ3v) is 3.00. The van der Waals surface area contributed by atoms with Gasteiger partial charge in [0, 0.05) is 6.54 Å². The van der Waals surface area contributed by atoms with Gasteiger partial charge in [-0.1, -0.05) is 35.3 Å². The van der Waals surface area contributed by atoms with E-state index in [1.807, 2.05) is 0 Å². The monoisotopic (exact) mass is 305 g/mol. The minimum absolute atomic E-state index is 0.227. The number of benzene rings is 1. The molecule has 0 aliphatic rings. The van der Waals surface area contributed by atoms with Crippen molar-refractivity contribution in [2.24, 2.45) is 0 Å². The van der Waals surface area contributed by atoms with Gasteiger partial charge in [-0.05, 0) is 24.1 Å². The maximum Gasteiger partial charge on any atom is 0.349 e. The summed E-state index contributed by atoms with van der Waals surface area (Å²) in [5.74, 6) is -2.58. The van der Waals surface area contributed by atoms with Crippen LogP contribution in [0.25, 0.3) is 0 Å². The molecule has 0 aliphatic heterocycles. The van der Waals surface area contributed by atoms with Crippen molar-refractivity contribution in [3.8, 4) is 0 Å². The number of carbonyl (C=O) groups excluding carboxylic acids is 1. The predicted molar refractivity (Wildman–Crippen MR) is 69.5 cm³/mol. The number of amides is 1. The van der Waals surface area contributed by atoms with Gasteiger partial charge in [0.1, 0.15) is 15.9 Å². The first kappa shape index (κ1) is 15.5. The molecule has 7 heteroatoms. The van der Waals surface area contributed by atoms with Crippen molar-refractivity contribution in [3.05, 3.63) is 45.7 Å². The zero-order chi connectivity index (χ0) is 14.4. The molecule has 1 aromatic rings. The summed E-state index contributed by atoms with van der Waals surface area (Å²) in [6, 6.07) is 5.79. The van der Waals surface area contributed by atoms with Gasteiger partial charge in [0.15, 0.2) is 0 Å². The van der Waals surface area contributed by atoms with Crippen LogP contribution in [0, 0.1) is 5.82 Å². The SMILES string of the molecule is O=C(O)/C(Cl)=C(/Cl)C(=O)NCCc1ccc(F)cc1. The lowest BCUT2D eigenvalue weighted by Crippen LogP contribution is -2.26. The zero-order valence-corrected chi connectivity index (χ0v) is 11.1. The first-order valence-corrected chi connectivity index (χ1v) is 5.98. The van der Waals surface area contributed by atoms with E-state index in [-0.39, 0.29) is 12.4 Å². The summed E-state index contributed by atoms with van der Waals surface area (Å²) in [5, 5.41) is 9.64. The second-order valence-corrected chi connectivity index (χ2v) is 4.32. The van der Waals surface area contributed by atoms with Gasteiger partial charge < -0.3 is 10.4 Å². The Morgan fingerprint density at radius 1 is 1.16 bits per heavy atom. The topological polar surface area (TPSA) is 66.4 Å². The highest BCUT2D eigenvalue weighted by atomic mass is 35.5. The second-order valence-electron chi connectivity index (χ2n) is 3.57. The molecule has 0 atom stereocenters. The number of rotatable bonds is 5. The Bertz CT molecular complexity index is 514. The van der Waals surface area contributed by atoms with Gasteiger partial charge in [0.25, 0.3) is 5.91 Å². The smallest absolute Gasteiger partial charge is 0.349 e. The molecule has 1 aromatic carbocycles. The van der Waals surface area contributed by atoms with E-state index < -0.39 is 21.9 Å². The highest BCUT2D eigenvalue weighted by Gasteiger charge is 2.16. The Morgan fingerprint density at radius 3 is 2.26 bits per heavy atom. The van der Waals surface area contributed by atoms with Gasteiger partial charge in [0.2, 0.25) is 0 Å². The van der Waals surface area contributed by atoms with Gasteiger partial charge in [-0.15, -0.1) is 0 Å². The minimum Gasteiger partial charge on any atom is -0.477 e. The average molecular weight is 306 g/mol. The molecule has 0 saturated carbocycles. The molecule has 0 fully saturated rings. The molecule has 0 bridgehead atoms. The molecule has 4 nitrogen and oxygen atoms in total. The highest BCUT2D eigenvalue weighted by molar-refractivity contribution is 6.53. The number of nitrogens with one attached hydrogen (secondary N) is 1. The van der Waals surface area contributed by atoms with Gasteiger partial charge >= 0.3 is 5.97 Å². The first-order chi connectivity index (χ1) is 8.91. The minimum atomic E-state index is -1.47. The Labute approximate surface area is 118 Å². The van der Waals surface area contributed by atoms with E-state index in [2.05, 4.69) is 5.32 Å². The van der Waals surface area contributed by atoms with Crippen molar-refractivity contribution in [1.82, 2.24) is 5.32 Å². The lowest BCUT2D eigenvalue weighted by atomic mass is 10.1. The van der Waals surface area contributed by atoms with E-state index in [0.717, 1.165) is 5.56 Å². The summed E-state index contributed by atoms with van der Waals surface area (Å²) in [4.78, 5) is 21.9. The van der Waals surface area contributed by atoms with E-state index in [4.69, 9.17) is 28.3 Å². The second kappa shape index (κ2) is 7.11. The molecule has 0 aromatic heterocycles.